The predicted octanol–water partition coefficient (Wildman–Crippen LogP) is 3.21. The number of hydrogen-bond donors (Lipinski definition) is 2. The number of anilines is 1. The SMILES string of the molecule is CCCCNC(=O)c1ccccc1NS(=O)(=O)c1ccc(SC)c(C(=O)N2CCOCC2)c1. The number of benzene rings is 2. The molecule has 178 valence electrons. The molecule has 10 heteroatoms. The zero-order valence-electron chi connectivity index (χ0n) is 18.8. The predicted molar refractivity (Wildman–Crippen MR) is 129 cm³/mol. The molecule has 2 aromatic carbocycles. The zero-order chi connectivity index (χ0) is 23.8. The number of nitrogens with one attached hydrogen (secondary N) is 2. The molecule has 1 aliphatic heterocycles. The zero-order valence-corrected chi connectivity index (χ0v) is 20.4. The lowest BCUT2D eigenvalue weighted by molar-refractivity contribution is 0.0300. The van der Waals surface area contributed by atoms with E-state index in [9.17, 15) is 18.0 Å². The topological polar surface area (TPSA) is 105 Å². The third-order valence-corrected chi connectivity index (χ3v) is 7.40. The van der Waals surface area contributed by atoms with Gasteiger partial charge in [-0.3, -0.25) is 14.3 Å². The minimum atomic E-state index is -4.04. The number of sulfonamides is 1. The number of nitrogens with zero attached hydrogens (tertiary/aromatic N) is 1. The van der Waals surface area contributed by atoms with Crippen molar-refractivity contribution in [2.45, 2.75) is 29.6 Å². The Morgan fingerprint density at radius 3 is 2.52 bits per heavy atom. The number of unbranched alkanes of at least 4 members (excludes halogenated alkanes) is 1. The lowest BCUT2D eigenvalue weighted by atomic mass is 10.1. The average Bonchev–Trinajstić information content (AvgIpc) is 2.84. The average molecular weight is 492 g/mol. The molecule has 33 heavy (non-hydrogen) atoms. The van der Waals surface area contributed by atoms with Crippen molar-refractivity contribution >= 4 is 39.3 Å². The fraction of sp³-hybridized carbons (Fsp3) is 0.391. The summed E-state index contributed by atoms with van der Waals surface area (Å²) in [7, 11) is -4.04. The highest BCUT2D eigenvalue weighted by atomic mass is 32.2. The number of carbonyl (C=O) groups excluding carboxylic acids is 2. The number of carbonyl (C=O) groups is 2. The van der Waals surface area contributed by atoms with E-state index in [-0.39, 0.29) is 28.0 Å². The van der Waals surface area contributed by atoms with Crippen LogP contribution in [0.5, 0.6) is 0 Å². The maximum absolute atomic E-state index is 13.2. The molecule has 0 radical (unpaired) electrons. The van der Waals surface area contributed by atoms with Gasteiger partial charge in [-0.1, -0.05) is 25.5 Å². The summed E-state index contributed by atoms with van der Waals surface area (Å²) in [5.74, 6) is -0.571. The Morgan fingerprint density at radius 1 is 1.09 bits per heavy atom. The molecule has 2 amide bonds. The van der Waals surface area contributed by atoms with Gasteiger partial charge in [-0.25, -0.2) is 8.42 Å². The number of rotatable bonds is 9. The molecule has 1 heterocycles. The minimum absolute atomic E-state index is 0.0434. The van der Waals surface area contributed by atoms with Crippen molar-refractivity contribution in [1.29, 1.82) is 0 Å². The van der Waals surface area contributed by atoms with Gasteiger partial charge < -0.3 is 15.0 Å². The summed E-state index contributed by atoms with van der Waals surface area (Å²) in [4.78, 5) is 27.9. The lowest BCUT2D eigenvalue weighted by Crippen LogP contribution is -2.41. The molecule has 2 aromatic rings. The summed E-state index contributed by atoms with van der Waals surface area (Å²) in [5, 5.41) is 2.80. The van der Waals surface area contributed by atoms with Crippen molar-refractivity contribution in [2.75, 3.05) is 43.8 Å². The van der Waals surface area contributed by atoms with E-state index in [2.05, 4.69) is 10.0 Å². The van der Waals surface area contributed by atoms with Crippen molar-refractivity contribution in [3.63, 3.8) is 0 Å². The maximum atomic E-state index is 13.2. The summed E-state index contributed by atoms with van der Waals surface area (Å²) in [6, 6.07) is 11.0. The van der Waals surface area contributed by atoms with Gasteiger partial charge in [0.25, 0.3) is 21.8 Å². The second kappa shape index (κ2) is 11.5. The first kappa shape index (κ1) is 25.1. The number of hydrogen-bond acceptors (Lipinski definition) is 6. The van der Waals surface area contributed by atoms with Crippen molar-refractivity contribution in [1.82, 2.24) is 10.2 Å². The second-order valence-corrected chi connectivity index (χ2v) is 10.1. The Bertz CT molecular complexity index is 1100. The van der Waals surface area contributed by atoms with E-state index >= 15 is 0 Å². The van der Waals surface area contributed by atoms with E-state index in [0.717, 1.165) is 12.8 Å². The van der Waals surface area contributed by atoms with Gasteiger partial charge in [-0.2, -0.15) is 0 Å². The molecule has 0 atom stereocenters. The van der Waals surface area contributed by atoms with Gasteiger partial charge in [-0.15, -0.1) is 11.8 Å². The Morgan fingerprint density at radius 2 is 1.82 bits per heavy atom. The second-order valence-electron chi connectivity index (χ2n) is 7.53. The monoisotopic (exact) mass is 491 g/mol. The van der Waals surface area contributed by atoms with E-state index in [1.54, 1.807) is 35.2 Å². The molecule has 8 nitrogen and oxygen atoms in total. The van der Waals surface area contributed by atoms with E-state index in [0.29, 0.717) is 43.3 Å². The summed E-state index contributed by atoms with van der Waals surface area (Å²) >= 11 is 1.38. The molecule has 0 bridgehead atoms. The van der Waals surface area contributed by atoms with E-state index in [1.807, 2.05) is 13.2 Å². The quantitative estimate of drug-likeness (QED) is 0.412. The van der Waals surface area contributed by atoms with Gasteiger partial charge in [0.05, 0.1) is 34.9 Å². The molecule has 1 saturated heterocycles. The van der Waals surface area contributed by atoms with Crippen LogP contribution in [-0.2, 0) is 14.8 Å². The van der Waals surface area contributed by atoms with Crippen LogP contribution in [0.2, 0.25) is 0 Å². The molecule has 3 rings (SSSR count). The smallest absolute Gasteiger partial charge is 0.261 e. The number of thioether (sulfide) groups is 1. The van der Waals surface area contributed by atoms with Crippen LogP contribution in [0.15, 0.2) is 52.3 Å². The van der Waals surface area contributed by atoms with Crippen molar-refractivity contribution in [3.8, 4) is 0 Å². The van der Waals surface area contributed by atoms with Crippen LogP contribution in [0.3, 0.4) is 0 Å². The Labute approximate surface area is 199 Å². The molecule has 1 fully saturated rings. The third-order valence-electron chi connectivity index (χ3n) is 5.24. The van der Waals surface area contributed by atoms with Gasteiger partial charge in [-0.05, 0) is 43.0 Å². The summed E-state index contributed by atoms with van der Waals surface area (Å²) in [6.45, 7) is 4.37. The van der Waals surface area contributed by atoms with Crippen LogP contribution >= 0.6 is 11.8 Å². The van der Waals surface area contributed by atoms with Crippen LogP contribution in [0.4, 0.5) is 5.69 Å². The van der Waals surface area contributed by atoms with Crippen molar-refractivity contribution in [2.24, 2.45) is 0 Å². The highest BCUT2D eigenvalue weighted by Gasteiger charge is 2.25. The molecule has 0 spiro atoms. The van der Waals surface area contributed by atoms with E-state index < -0.39 is 10.0 Å². The highest BCUT2D eigenvalue weighted by molar-refractivity contribution is 7.98. The Balaban J connectivity index is 1.88. The highest BCUT2D eigenvalue weighted by Crippen LogP contribution is 2.27. The summed E-state index contributed by atoms with van der Waals surface area (Å²) < 4.78 is 34.2. The first-order chi connectivity index (χ1) is 15.9. The normalized spacial score (nSPS) is 14.1. The van der Waals surface area contributed by atoms with Gasteiger partial charge in [0.1, 0.15) is 0 Å². The van der Waals surface area contributed by atoms with Crippen LogP contribution < -0.4 is 10.0 Å². The maximum Gasteiger partial charge on any atom is 0.261 e. The molecule has 0 saturated carbocycles. The number of amides is 2. The van der Waals surface area contributed by atoms with E-state index in [1.165, 1.54) is 23.9 Å². The Kier molecular flexibility index (Phi) is 8.76. The van der Waals surface area contributed by atoms with Crippen LogP contribution in [-0.4, -0.2) is 64.2 Å². The number of para-hydroxylation sites is 1. The molecule has 1 aliphatic rings. The van der Waals surface area contributed by atoms with Gasteiger partial charge >= 0.3 is 0 Å². The molecule has 0 aliphatic carbocycles. The lowest BCUT2D eigenvalue weighted by Gasteiger charge is -2.27. The van der Waals surface area contributed by atoms with Crippen LogP contribution in [0.25, 0.3) is 0 Å². The molecular formula is C23H29N3O5S2. The standard InChI is InChI=1S/C23H29N3O5S2/c1-3-4-11-24-22(27)18-7-5-6-8-20(18)25-33(29,30)17-9-10-21(32-2)19(16-17)23(28)26-12-14-31-15-13-26/h5-10,16,25H,3-4,11-15H2,1-2H3,(H,24,27). The van der Waals surface area contributed by atoms with Gasteiger partial charge in [0, 0.05) is 24.5 Å². The molecule has 0 aromatic heterocycles. The molecule has 2 N–H and O–H groups in total. The largest absolute Gasteiger partial charge is 0.378 e. The van der Waals surface area contributed by atoms with Gasteiger partial charge in [0.15, 0.2) is 0 Å². The third kappa shape index (κ3) is 6.27. The molecule has 0 unspecified atom stereocenters. The fourth-order valence-corrected chi connectivity index (χ4v) is 5.08. The Hall–Kier alpha value is -2.56. The minimum Gasteiger partial charge on any atom is -0.378 e. The summed E-state index contributed by atoms with van der Waals surface area (Å²) in [5.41, 5.74) is 0.752. The number of ether oxygens (including phenoxy) is 1. The summed E-state index contributed by atoms with van der Waals surface area (Å²) in [6.07, 6.45) is 3.61. The van der Waals surface area contributed by atoms with Crippen LogP contribution in [0, 0.1) is 0 Å². The van der Waals surface area contributed by atoms with Crippen molar-refractivity contribution in [3.05, 3.63) is 53.6 Å². The first-order valence-electron chi connectivity index (χ1n) is 10.8. The first-order valence-corrected chi connectivity index (χ1v) is 13.5. The van der Waals surface area contributed by atoms with Gasteiger partial charge in [0.2, 0.25) is 0 Å². The van der Waals surface area contributed by atoms with Crippen molar-refractivity contribution < 1.29 is 22.7 Å². The fourth-order valence-electron chi connectivity index (χ4n) is 3.41. The molecular weight excluding hydrogens is 462 g/mol. The van der Waals surface area contributed by atoms with E-state index in [4.69, 9.17) is 4.74 Å². The number of morpholine rings is 1. The van der Waals surface area contributed by atoms with Crippen LogP contribution in [0.1, 0.15) is 40.5 Å².